The third kappa shape index (κ3) is 8.92. The summed E-state index contributed by atoms with van der Waals surface area (Å²) in [6.45, 7) is 2.26. The summed E-state index contributed by atoms with van der Waals surface area (Å²) >= 11 is 1.63. The molecule has 0 radical (unpaired) electrons. The summed E-state index contributed by atoms with van der Waals surface area (Å²) in [4.78, 5) is 0.783. The summed E-state index contributed by atoms with van der Waals surface area (Å²) in [5, 5.41) is 19.1. The first-order chi connectivity index (χ1) is 10.2. The van der Waals surface area contributed by atoms with E-state index in [9.17, 15) is 10.2 Å². The van der Waals surface area contributed by atoms with Gasteiger partial charge in [-0.2, -0.15) is 0 Å². The molecule has 0 amide bonds. The van der Waals surface area contributed by atoms with Crippen molar-refractivity contribution in [1.82, 2.24) is 0 Å². The van der Waals surface area contributed by atoms with Gasteiger partial charge in [0.05, 0.1) is 4.90 Å². The average Bonchev–Trinajstić information content (AvgIpc) is 2.48. The Balaban J connectivity index is 1.94. The number of rotatable bonds is 12. The van der Waals surface area contributed by atoms with Gasteiger partial charge in [-0.15, -0.1) is 11.8 Å². The Morgan fingerprint density at radius 1 is 0.810 bits per heavy atom. The van der Waals surface area contributed by atoms with Gasteiger partial charge >= 0.3 is 0 Å². The minimum absolute atomic E-state index is 0.221. The van der Waals surface area contributed by atoms with Crippen molar-refractivity contribution in [1.29, 1.82) is 0 Å². The van der Waals surface area contributed by atoms with Gasteiger partial charge in [-0.05, 0) is 30.4 Å². The minimum atomic E-state index is 0.221. The van der Waals surface area contributed by atoms with E-state index in [1.165, 1.54) is 70.3 Å². The highest BCUT2D eigenvalue weighted by atomic mass is 32.2. The zero-order valence-corrected chi connectivity index (χ0v) is 14.1. The van der Waals surface area contributed by atoms with Crippen LogP contribution in [0.3, 0.4) is 0 Å². The van der Waals surface area contributed by atoms with Crippen molar-refractivity contribution in [3.63, 3.8) is 0 Å². The summed E-state index contributed by atoms with van der Waals surface area (Å²) in [5.74, 6) is 1.50. The third-order valence-corrected chi connectivity index (χ3v) is 4.83. The second kappa shape index (κ2) is 11.8. The Bertz CT molecular complexity index is 379. The van der Waals surface area contributed by atoms with Crippen LogP contribution >= 0.6 is 11.8 Å². The van der Waals surface area contributed by atoms with Crippen LogP contribution in [0.1, 0.15) is 71.1 Å². The molecule has 0 spiro atoms. The summed E-state index contributed by atoms with van der Waals surface area (Å²) in [5.41, 5.74) is 0. The largest absolute Gasteiger partial charge is 0.508 e. The van der Waals surface area contributed by atoms with Crippen molar-refractivity contribution in [2.45, 2.75) is 76.0 Å². The maximum atomic E-state index is 9.66. The predicted molar refractivity (Wildman–Crippen MR) is 92.3 cm³/mol. The fraction of sp³-hybridized carbons (Fsp3) is 0.667. The molecular weight excluding hydrogens is 280 g/mol. The molecule has 0 aliphatic carbocycles. The monoisotopic (exact) mass is 310 g/mol. The first-order valence-electron chi connectivity index (χ1n) is 8.39. The van der Waals surface area contributed by atoms with Gasteiger partial charge in [-0.1, -0.05) is 64.7 Å². The van der Waals surface area contributed by atoms with Gasteiger partial charge in [-0.3, -0.25) is 0 Å². The Hall–Kier alpha value is -0.830. The van der Waals surface area contributed by atoms with E-state index in [1.807, 2.05) is 0 Å². The molecule has 0 saturated carbocycles. The van der Waals surface area contributed by atoms with Crippen molar-refractivity contribution in [3.8, 4) is 11.5 Å². The number of thioether (sulfide) groups is 1. The van der Waals surface area contributed by atoms with Crippen LogP contribution in [0.25, 0.3) is 0 Å². The molecule has 120 valence electrons. The molecule has 2 N–H and O–H groups in total. The fourth-order valence-corrected chi connectivity index (χ4v) is 3.38. The van der Waals surface area contributed by atoms with E-state index < -0.39 is 0 Å². The van der Waals surface area contributed by atoms with Crippen molar-refractivity contribution in [3.05, 3.63) is 18.2 Å². The molecule has 1 aromatic carbocycles. The molecule has 1 rings (SSSR count). The summed E-state index contributed by atoms with van der Waals surface area (Å²) in [7, 11) is 0. The van der Waals surface area contributed by atoms with Crippen LogP contribution in [0.15, 0.2) is 23.1 Å². The van der Waals surface area contributed by atoms with E-state index in [4.69, 9.17) is 0 Å². The Labute approximate surface area is 134 Å². The number of aromatic hydroxyl groups is 2. The zero-order chi connectivity index (χ0) is 15.3. The molecule has 21 heavy (non-hydrogen) atoms. The van der Waals surface area contributed by atoms with Crippen molar-refractivity contribution >= 4 is 11.8 Å². The van der Waals surface area contributed by atoms with Crippen LogP contribution in [0.5, 0.6) is 11.5 Å². The molecule has 0 atom stereocenters. The van der Waals surface area contributed by atoms with Gasteiger partial charge in [0.15, 0.2) is 0 Å². The molecule has 0 aromatic heterocycles. The second-order valence-electron chi connectivity index (χ2n) is 5.68. The lowest BCUT2D eigenvalue weighted by molar-refractivity contribution is 0.448. The molecule has 1 aromatic rings. The average molecular weight is 311 g/mol. The number of benzene rings is 1. The Kier molecular flexibility index (Phi) is 10.2. The molecule has 0 aliphatic heterocycles. The topological polar surface area (TPSA) is 40.5 Å². The smallest absolute Gasteiger partial charge is 0.129 e. The zero-order valence-electron chi connectivity index (χ0n) is 13.3. The molecule has 0 fully saturated rings. The van der Waals surface area contributed by atoms with E-state index in [0.29, 0.717) is 0 Å². The second-order valence-corrected chi connectivity index (χ2v) is 6.82. The van der Waals surface area contributed by atoms with Crippen molar-refractivity contribution in [2.24, 2.45) is 0 Å². The van der Waals surface area contributed by atoms with Crippen molar-refractivity contribution in [2.75, 3.05) is 5.75 Å². The van der Waals surface area contributed by atoms with Gasteiger partial charge in [0.2, 0.25) is 0 Å². The summed E-state index contributed by atoms with van der Waals surface area (Å²) in [6, 6.07) is 4.70. The van der Waals surface area contributed by atoms with Crippen LogP contribution < -0.4 is 0 Å². The highest BCUT2D eigenvalue weighted by molar-refractivity contribution is 7.99. The van der Waals surface area contributed by atoms with E-state index in [0.717, 1.165) is 10.6 Å². The van der Waals surface area contributed by atoms with Gasteiger partial charge in [-0.25, -0.2) is 0 Å². The normalized spacial score (nSPS) is 10.9. The van der Waals surface area contributed by atoms with Crippen LogP contribution in [0, 0.1) is 0 Å². The first kappa shape index (κ1) is 18.2. The van der Waals surface area contributed by atoms with Crippen LogP contribution in [-0.4, -0.2) is 16.0 Å². The minimum Gasteiger partial charge on any atom is -0.508 e. The van der Waals surface area contributed by atoms with Crippen LogP contribution in [-0.2, 0) is 0 Å². The first-order valence-corrected chi connectivity index (χ1v) is 9.37. The van der Waals surface area contributed by atoms with E-state index >= 15 is 0 Å². The molecule has 0 bridgehead atoms. The summed E-state index contributed by atoms with van der Waals surface area (Å²) < 4.78 is 0. The van der Waals surface area contributed by atoms with Crippen LogP contribution in [0.4, 0.5) is 0 Å². The van der Waals surface area contributed by atoms with Gasteiger partial charge < -0.3 is 10.2 Å². The Morgan fingerprint density at radius 3 is 2.00 bits per heavy atom. The van der Waals surface area contributed by atoms with E-state index in [2.05, 4.69) is 6.92 Å². The van der Waals surface area contributed by atoms with Gasteiger partial charge in [0.25, 0.3) is 0 Å². The molecule has 0 saturated heterocycles. The molecule has 3 heteroatoms. The summed E-state index contributed by atoms with van der Waals surface area (Å²) in [6.07, 6.45) is 13.4. The highest BCUT2D eigenvalue weighted by Gasteiger charge is 2.02. The van der Waals surface area contributed by atoms with Gasteiger partial charge in [0, 0.05) is 0 Å². The number of phenols is 2. The fourth-order valence-electron chi connectivity index (χ4n) is 2.39. The molecule has 0 heterocycles. The SMILES string of the molecule is CCCCCCCCCCCCSc1cc(O)ccc1O. The lowest BCUT2D eigenvalue weighted by atomic mass is 10.1. The van der Waals surface area contributed by atoms with Crippen LogP contribution in [0.2, 0.25) is 0 Å². The quantitative estimate of drug-likeness (QED) is 0.278. The third-order valence-electron chi connectivity index (χ3n) is 3.70. The molecular formula is C18H30O2S. The van der Waals surface area contributed by atoms with Gasteiger partial charge in [0.1, 0.15) is 11.5 Å². The lowest BCUT2D eigenvalue weighted by Crippen LogP contribution is -1.84. The highest BCUT2D eigenvalue weighted by Crippen LogP contribution is 2.32. The molecule has 0 aliphatic rings. The van der Waals surface area contributed by atoms with E-state index in [-0.39, 0.29) is 11.5 Å². The number of phenolic OH excluding ortho intramolecular Hbond substituents is 2. The maximum Gasteiger partial charge on any atom is 0.129 e. The molecule has 0 unspecified atom stereocenters. The number of hydrogen-bond donors (Lipinski definition) is 2. The number of unbranched alkanes of at least 4 members (excludes halogenated alkanes) is 9. The van der Waals surface area contributed by atoms with E-state index in [1.54, 1.807) is 23.9 Å². The lowest BCUT2D eigenvalue weighted by Gasteiger charge is -2.05. The Morgan fingerprint density at radius 2 is 1.38 bits per heavy atom. The number of hydrogen-bond acceptors (Lipinski definition) is 3. The predicted octanol–water partition coefficient (Wildman–Crippen LogP) is 6.11. The molecule has 2 nitrogen and oxygen atoms in total. The maximum absolute atomic E-state index is 9.66. The van der Waals surface area contributed by atoms with Crippen molar-refractivity contribution < 1.29 is 10.2 Å². The standard InChI is InChI=1S/C18H30O2S/c1-2-3-4-5-6-7-8-9-10-11-14-21-18-15-16(19)12-13-17(18)20/h12-13,15,19-20H,2-11,14H2,1H3.